The van der Waals surface area contributed by atoms with E-state index < -0.39 is 0 Å². The van der Waals surface area contributed by atoms with E-state index in [4.69, 9.17) is 0 Å². The topological polar surface area (TPSA) is 37.4 Å². The minimum Gasteiger partial charge on any atom is -0.315 e. The molecule has 1 saturated carbocycles. The van der Waals surface area contributed by atoms with Gasteiger partial charge < -0.3 is 4.90 Å². The average molecular weight is 257 g/mol. The monoisotopic (exact) mass is 257 g/mol. The zero-order valence-corrected chi connectivity index (χ0v) is 11.3. The van der Waals surface area contributed by atoms with Crippen LogP contribution in [-0.2, 0) is 11.2 Å². The van der Waals surface area contributed by atoms with Gasteiger partial charge in [-0.1, -0.05) is 19.3 Å². The predicted molar refractivity (Wildman–Crippen MR) is 74.5 cm³/mol. The van der Waals surface area contributed by atoms with Crippen LogP contribution in [0.3, 0.4) is 0 Å². The van der Waals surface area contributed by atoms with Crippen molar-refractivity contribution < 1.29 is 9.59 Å². The second-order valence-electron chi connectivity index (χ2n) is 5.72. The van der Waals surface area contributed by atoms with Crippen LogP contribution in [0.25, 0.3) is 0 Å². The lowest BCUT2D eigenvalue weighted by Gasteiger charge is -2.27. The summed E-state index contributed by atoms with van der Waals surface area (Å²) in [5, 5.41) is 0. The molecule has 0 bridgehead atoms. The average Bonchev–Trinajstić information content (AvgIpc) is 2.37. The van der Waals surface area contributed by atoms with Crippen LogP contribution in [0.2, 0.25) is 0 Å². The molecule has 1 aromatic carbocycles. The van der Waals surface area contributed by atoms with Gasteiger partial charge in [-0.05, 0) is 36.1 Å². The Bertz CT molecular complexity index is 532. The van der Waals surface area contributed by atoms with Crippen LogP contribution < -0.4 is 4.90 Å². The van der Waals surface area contributed by atoms with Crippen molar-refractivity contribution in [2.45, 2.75) is 38.5 Å². The van der Waals surface area contributed by atoms with Gasteiger partial charge in [-0.25, -0.2) is 0 Å². The number of benzene rings is 1. The maximum atomic E-state index is 12.2. The normalized spacial score (nSPS) is 19.0. The number of fused-ring (bicyclic) bond motifs is 1. The van der Waals surface area contributed by atoms with Crippen molar-refractivity contribution in [2.75, 3.05) is 11.9 Å². The molecule has 1 fully saturated rings. The molecule has 0 aromatic heterocycles. The second-order valence-corrected chi connectivity index (χ2v) is 5.72. The van der Waals surface area contributed by atoms with Gasteiger partial charge in [-0.3, -0.25) is 9.59 Å². The molecule has 0 spiro atoms. The number of Topliss-reactive ketones (excluding diaryl/α,β-unsaturated/α-hetero) is 1. The van der Waals surface area contributed by atoms with Crippen molar-refractivity contribution in [3.05, 3.63) is 29.3 Å². The number of amides is 1. The summed E-state index contributed by atoms with van der Waals surface area (Å²) in [5.41, 5.74) is 2.89. The van der Waals surface area contributed by atoms with Gasteiger partial charge in [0.25, 0.3) is 0 Å². The van der Waals surface area contributed by atoms with E-state index in [9.17, 15) is 9.59 Å². The molecule has 0 radical (unpaired) electrons. The fourth-order valence-electron chi connectivity index (χ4n) is 2.91. The Morgan fingerprint density at radius 1 is 1.32 bits per heavy atom. The van der Waals surface area contributed by atoms with Crippen LogP contribution in [0.5, 0.6) is 0 Å². The molecule has 1 aliphatic carbocycles. The summed E-state index contributed by atoms with van der Waals surface area (Å²) in [6.07, 6.45) is 5.66. The van der Waals surface area contributed by atoms with Gasteiger partial charge in [-0.2, -0.15) is 0 Å². The summed E-state index contributed by atoms with van der Waals surface area (Å²) in [6, 6.07) is 5.77. The summed E-state index contributed by atoms with van der Waals surface area (Å²) >= 11 is 0. The van der Waals surface area contributed by atoms with Crippen LogP contribution in [0.4, 0.5) is 5.69 Å². The molecule has 3 heteroatoms. The standard InChI is InChI=1S/C16H19NO2/c1-17-14-7-5-13(10-12(14)6-8-16(17)19)15(18)9-11-3-2-4-11/h5,7,10-11H,2-4,6,8-9H2,1H3. The molecule has 3 rings (SSSR count). The number of anilines is 1. The second kappa shape index (κ2) is 4.80. The van der Waals surface area contributed by atoms with E-state index in [0.717, 1.165) is 23.2 Å². The molecular weight excluding hydrogens is 238 g/mol. The van der Waals surface area contributed by atoms with Crippen LogP contribution in [0, 0.1) is 5.92 Å². The van der Waals surface area contributed by atoms with Crippen LogP contribution >= 0.6 is 0 Å². The predicted octanol–water partition coefficient (Wildman–Crippen LogP) is 2.97. The molecule has 0 atom stereocenters. The number of carbonyl (C=O) groups excluding carboxylic acids is 2. The molecule has 0 unspecified atom stereocenters. The molecule has 3 nitrogen and oxygen atoms in total. The number of hydrogen-bond acceptors (Lipinski definition) is 2. The Hall–Kier alpha value is -1.64. The van der Waals surface area contributed by atoms with Crippen molar-refractivity contribution in [3.63, 3.8) is 0 Å². The van der Waals surface area contributed by atoms with Crippen molar-refractivity contribution in [3.8, 4) is 0 Å². The first-order valence-corrected chi connectivity index (χ1v) is 7.08. The number of aryl methyl sites for hydroxylation is 1. The minimum absolute atomic E-state index is 0.154. The van der Waals surface area contributed by atoms with E-state index >= 15 is 0 Å². The smallest absolute Gasteiger partial charge is 0.227 e. The molecule has 1 heterocycles. The van der Waals surface area contributed by atoms with E-state index in [0.29, 0.717) is 18.8 Å². The molecule has 0 saturated heterocycles. The fourth-order valence-corrected chi connectivity index (χ4v) is 2.91. The highest BCUT2D eigenvalue weighted by molar-refractivity contribution is 5.99. The maximum Gasteiger partial charge on any atom is 0.227 e. The fraction of sp³-hybridized carbons (Fsp3) is 0.500. The van der Waals surface area contributed by atoms with Crippen molar-refractivity contribution in [1.29, 1.82) is 0 Å². The van der Waals surface area contributed by atoms with Crippen LogP contribution in [0.1, 0.15) is 48.0 Å². The van der Waals surface area contributed by atoms with Crippen LogP contribution in [0.15, 0.2) is 18.2 Å². The van der Waals surface area contributed by atoms with E-state index in [2.05, 4.69) is 0 Å². The lowest BCUT2D eigenvalue weighted by atomic mass is 9.80. The Morgan fingerprint density at radius 3 is 2.79 bits per heavy atom. The third-order valence-corrected chi connectivity index (χ3v) is 4.44. The summed E-state index contributed by atoms with van der Waals surface area (Å²) in [6.45, 7) is 0. The van der Waals surface area contributed by atoms with Gasteiger partial charge in [0, 0.05) is 31.1 Å². The van der Waals surface area contributed by atoms with Gasteiger partial charge in [0.15, 0.2) is 5.78 Å². The van der Waals surface area contributed by atoms with E-state index in [1.54, 1.807) is 11.9 Å². The maximum absolute atomic E-state index is 12.2. The molecule has 19 heavy (non-hydrogen) atoms. The molecular formula is C16H19NO2. The van der Waals surface area contributed by atoms with E-state index in [1.807, 2.05) is 18.2 Å². The SMILES string of the molecule is CN1C(=O)CCc2cc(C(=O)CC3CCC3)ccc21. The lowest BCUT2D eigenvalue weighted by Crippen LogP contribution is -2.31. The Morgan fingerprint density at radius 2 is 2.11 bits per heavy atom. The number of carbonyl (C=O) groups is 2. The molecule has 2 aliphatic rings. The highest BCUT2D eigenvalue weighted by atomic mass is 16.2. The summed E-state index contributed by atoms with van der Waals surface area (Å²) < 4.78 is 0. The lowest BCUT2D eigenvalue weighted by molar-refractivity contribution is -0.118. The zero-order chi connectivity index (χ0) is 13.4. The molecule has 1 aromatic rings. The third-order valence-electron chi connectivity index (χ3n) is 4.44. The zero-order valence-electron chi connectivity index (χ0n) is 11.3. The Labute approximate surface area is 113 Å². The number of ketones is 1. The Kier molecular flexibility index (Phi) is 3.13. The van der Waals surface area contributed by atoms with E-state index in [1.165, 1.54) is 19.3 Å². The van der Waals surface area contributed by atoms with Crippen molar-refractivity contribution >= 4 is 17.4 Å². The number of hydrogen-bond donors (Lipinski definition) is 0. The van der Waals surface area contributed by atoms with Crippen molar-refractivity contribution in [1.82, 2.24) is 0 Å². The number of rotatable bonds is 3. The van der Waals surface area contributed by atoms with Gasteiger partial charge >= 0.3 is 0 Å². The van der Waals surface area contributed by atoms with Gasteiger partial charge in [0.2, 0.25) is 5.91 Å². The van der Waals surface area contributed by atoms with Crippen LogP contribution in [-0.4, -0.2) is 18.7 Å². The largest absolute Gasteiger partial charge is 0.315 e. The molecule has 1 amide bonds. The van der Waals surface area contributed by atoms with Gasteiger partial charge in [-0.15, -0.1) is 0 Å². The summed E-state index contributed by atoms with van der Waals surface area (Å²) in [4.78, 5) is 25.5. The highest BCUT2D eigenvalue weighted by Crippen LogP contribution is 2.32. The molecule has 0 N–H and O–H groups in total. The highest BCUT2D eigenvalue weighted by Gasteiger charge is 2.24. The summed E-state index contributed by atoms with van der Waals surface area (Å²) in [7, 11) is 1.80. The van der Waals surface area contributed by atoms with E-state index in [-0.39, 0.29) is 11.7 Å². The first kappa shape index (κ1) is 12.4. The minimum atomic E-state index is 0.154. The van der Waals surface area contributed by atoms with Crippen molar-refractivity contribution in [2.24, 2.45) is 5.92 Å². The first-order chi connectivity index (χ1) is 9.15. The third kappa shape index (κ3) is 2.29. The quantitative estimate of drug-likeness (QED) is 0.781. The Balaban J connectivity index is 1.80. The molecule has 100 valence electrons. The molecule has 1 aliphatic heterocycles. The first-order valence-electron chi connectivity index (χ1n) is 7.08. The van der Waals surface area contributed by atoms with Gasteiger partial charge in [0.1, 0.15) is 0 Å². The van der Waals surface area contributed by atoms with Gasteiger partial charge in [0.05, 0.1) is 0 Å². The summed E-state index contributed by atoms with van der Waals surface area (Å²) in [5.74, 6) is 1.01. The number of nitrogens with zero attached hydrogens (tertiary/aromatic N) is 1.